The molecule has 200 valence electrons. The number of carbonyl (C=O) groups excluding carboxylic acids is 2. The summed E-state index contributed by atoms with van der Waals surface area (Å²) in [5.74, 6) is -0.606. The van der Waals surface area contributed by atoms with Crippen LogP contribution in [0.4, 0.5) is 4.39 Å². The van der Waals surface area contributed by atoms with E-state index in [2.05, 4.69) is 20.7 Å². The molecule has 9 heteroatoms. The molecule has 1 N–H and O–H groups in total. The number of benzene rings is 3. The number of nitrogens with one attached hydrogen (secondary N) is 1. The maximum atomic E-state index is 13.9. The van der Waals surface area contributed by atoms with Crippen molar-refractivity contribution < 1.29 is 14.0 Å². The van der Waals surface area contributed by atoms with Crippen LogP contribution < -0.4 is 5.32 Å². The number of amides is 2. The predicted molar refractivity (Wildman–Crippen MR) is 145 cm³/mol. The van der Waals surface area contributed by atoms with Crippen LogP contribution in [-0.4, -0.2) is 43.0 Å². The summed E-state index contributed by atoms with van der Waals surface area (Å²) >= 11 is 0. The third-order valence-electron chi connectivity index (χ3n) is 7.00. The standard InChI is InChI=1S/C30H31FN6O2/c1-21-11-13-23(14-12-21)28(30(39)32-26-9-5-6-10-26)36(19-22-7-3-2-4-8-22)27(38)20-37-34-29(33-35-37)24-15-17-25(31)18-16-24/h2-4,7-8,11-18,26,28H,5-6,9-10,19-20H2,1H3,(H,32,39). The lowest BCUT2D eigenvalue weighted by atomic mass is 10.0. The second-order valence-corrected chi connectivity index (χ2v) is 9.96. The van der Waals surface area contributed by atoms with Crippen molar-refractivity contribution in [3.63, 3.8) is 0 Å². The first kappa shape index (κ1) is 26.2. The molecule has 0 bridgehead atoms. The van der Waals surface area contributed by atoms with E-state index in [0.717, 1.165) is 42.4 Å². The highest BCUT2D eigenvalue weighted by Crippen LogP contribution is 2.27. The number of halogens is 1. The average molecular weight is 527 g/mol. The van der Waals surface area contributed by atoms with E-state index in [4.69, 9.17) is 0 Å². The summed E-state index contributed by atoms with van der Waals surface area (Å²) in [4.78, 5) is 30.5. The molecule has 8 nitrogen and oxygen atoms in total. The van der Waals surface area contributed by atoms with Crippen molar-refractivity contribution in [2.45, 2.75) is 57.8 Å². The molecule has 1 unspecified atom stereocenters. The first-order valence-electron chi connectivity index (χ1n) is 13.2. The Kier molecular flexibility index (Phi) is 8.05. The fourth-order valence-corrected chi connectivity index (χ4v) is 4.91. The monoisotopic (exact) mass is 526 g/mol. The molecule has 5 rings (SSSR count). The molecule has 1 atom stereocenters. The van der Waals surface area contributed by atoms with E-state index in [1.165, 1.54) is 16.9 Å². The molecule has 4 aromatic rings. The smallest absolute Gasteiger partial charge is 0.247 e. The van der Waals surface area contributed by atoms with Crippen LogP contribution in [0.25, 0.3) is 11.4 Å². The molecule has 1 saturated carbocycles. The third kappa shape index (κ3) is 6.54. The summed E-state index contributed by atoms with van der Waals surface area (Å²) in [5, 5.41) is 15.6. The van der Waals surface area contributed by atoms with E-state index in [0.29, 0.717) is 5.56 Å². The van der Waals surface area contributed by atoms with Gasteiger partial charge in [-0.3, -0.25) is 9.59 Å². The lowest BCUT2D eigenvalue weighted by Crippen LogP contribution is -2.46. The second-order valence-electron chi connectivity index (χ2n) is 9.96. The van der Waals surface area contributed by atoms with Gasteiger partial charge >= 0.3 is 0 Å². The fraction of sp³-hybridized carbons (Fsp3) is 0.300. The number of rotatable bonds is 9. The van der Waals surface area contributed by atoms with Gasteiger partial charge in [0.1, 0.15) is 18.4 Å². The van der Waals surface area contributed by atoms with Crippen molar-refractivity contribution in [3.8, 4) is 11.4 Å². The molecule has 0 aliphatic heterocycles. The quantitative estimate of drug-likeness (QED) is 0.344. The molecular formula is C30H31FN6O2. The van der Waals surface area contributed by atoms with Gasteiger partial charge in [-0.2, -0.15) is 4.80 Å². The Balaban J connectivity index is 1.45. The predicted octanol–water partition coefficient (Wildman–Crippen LogP) is 4.62. The Morgan fingerprint density at radius 1 is 1.00 bits per heavy atom. The highest BCUT2D eigenvalue weighted by atomic mass is 19.1. The lowest BCUT2D eigenvalue weighted by Gasteiger charge is -2.32. The zero-order valence-corrected chi connectivity index (χ0v) is 21.8. The molecule has 1 aliphatic carbocycles. The van der Waals surface area contributed by atoms with Gasteiger partial charge in [-0.15, -0.1) is 10.2 Å². The minimum absolute atomic E-state index is 0.106. The van der Waals surface area contributed by atoms with Crippen molar-refractivity contribution in [1.82, 2.24) is 30.4 Å². The van der Waals surface area contributed by atoms with Crippen LogP contribution in [0.3, 0.4) is 0 Å². The number of aryl methyl sites for hydroxylation is 1. The molecule has 1 fully saturated rings. The van der Waals surface area contributed by atoms with Crippen molar-refractivity contribution >= 4 is 11.8 Å². The number of hydrogen-bond acceptors (Lipinski definition) is 5. The van der Waals surface area contributed by atoms with Gasteiger partial charge in [-0.25, -0.2) is 4.39 Å². The number of carbonyl (C=O) groups is 2. The maximum Gasteiger partial charge on any atom is 0.247 e. The van der Waals surface area contributed by atoms with E-state index < -0.39 is 6.04 Å². The molecule has 1 aliphatic rings. The summed E-state index contributed by atoms with van der Waals surface area (Å²) < 4.78 is 13.3. The summed E-state index contributed by atoms with van der Waals surface area (Å²) in [6, 6.07) is 22.3. The van der Waals surface area contributed by atoms with Gasteiger partial charge in [-0.05, 0) is 60.4 Å². The van der Waals surface area contributed by atoms with Gasteiger partial charge in [0.2, 0.25) is 17.6 Å². The molecule has 0 saturated heterocycles. The van der Waals surface area contributed by atoms with Crippen LogP contribution in [-0.2, 0) is 22.7 Å². The van der Waals surface area contributed by atoms with Gasteiger partial charge in [-0.1, -0.05) is 73.0 Å². The third-order valence-corrected chi connectivity index (χ3v) is 7.00. The number of tetrazole rings is 1. The molecule has 0 radical (unpaired) electrons. The van der Waals surface area contributed by atoms with Crippen LogP contribution in [0.15, 0.2) is 78.9 Å². The van der Waals surface area contributed by atoms with Crippen LogP contribution in [0, 0.1) is 12.7 Å². The van der Waals surface area contributed by atoms with Crippen LogP contribution in [0.2, 0.25) is 0 Å². The van der Waals surface area contributed by atoms with Crippen molar-refractivity contribution in [3.05, 3.63) is 101 Å². The van der Waals surface area contributed by atoms with Crippen LogP contribution in [0.1, 0.15) is 48.4 Å². The number of nitrogens with zero attached hydrogens (tertiary/aromatic N) is 5. The Bertz CT molecular complexity index is 1400. The van der Waals surface area contributed by atoms with Gasteiger partial charge in [0.05, 0.1) is 0 Å². The summed E-state index contributed by atoms with van der Waals surface area (Å²) in [5.41, 5.74) is 3.29. The minimum Gasteiger partial charge on any atom is -0.351 e. The first-order chi connectivity index (χ1) is 19.0. The molecule has 1 aromatic heterocycles. The normalized spacial score (nSPS) is 14.2. The molecule has 2 amide bonds. The summed E-state index contributed by atoms with van der Waals surface area (Å²) in [6.07, 6.45) is 4.05. The maximum absolute atomic E-state index is 13.9. The molecular weight excluding hydrogens is 495 g/mol. The van der Waals surface area contributed by atoms with Gasteiger partial charge in [0.15, 0.2) is 0 Å². The fourth-order valence-electron chi connectivity index (χ4n) is 4.91. The molecule has 39 heavy (non-hydrogen) atoms. The molecule has 0 spiro atoms. The van der Waals surface area contributed by atoms with Gasteiger partial charge < -0.3 is 10.2 Å². The van der Waals surface area contributed by atoms with Crippen molar-refractivity contribution in [1.29, 1.82) is 0 Å². The van der Waals surface area contributed by atoms with Gasteiger partial charge in [0.25, 0.3) is 0 Å². The van der Waals surface area contributed by atoms with E-state index in [-0.39, 0.29) is 42.6 Å². The molecule has 3 aromatic carbocycles. The van der Waals surface area contributed by atoms with E-state index >= 15 is 0 Å². The van der Waals surface area contributed by atoms with Gasteiger partial charge in [0, 0.05) is 18.2 Å². The van der Waals surface area contributed by atoms with Crippen LogP contribution in [0.5, 0.6) is 0 Å². The average Bonchev–Trinajstić information content (AvgIpc) is 3.63. The summed E-state index contributed by atoms with van der Waals surface area (Å²) in [6.45, 7) is 2.01. The highest BCUT2D eigenvalue weighted by Gasteiger charge is 2.33. The molecule has 1 heterocycles. The number of aromatic nitrogens is 4. The summed E-state index contributed by atoms with van der Waals surface area (Å²) in [7, 11) is 0. The Morgan fingerprint density at radius 2 is 1.69 bits per heavy atom. The highest BCUT2D eigenvalue weighted by molar-refractivity contribution is 5.89. The minimum atomic E-state index is -0.834. The van der Waals surface area contributed by atoms with Crippen molar-refractivity contribution in [2.75, 3.05) is 0 Å². The first-order valence-corrected chi connectivity index (χ1v) is 13.2. The zero-order chi connectivity index (χ0) is 27.2. The lowest BCUT2D eigenvalue weighted by molar-refractivity contribution is -0.142. The Labute approximate surface area is 226 Å². The van der Waals surface area contributed by atoms with E-state index in [9.17, 15) is 14.0 Å². The van der Waals surface area contributed by atoms with Crippen LogP contribution >= 0.6 is 0 Å². The van der Waals surface area contributed by atoms with E-state index in [1.807, 2.05) is 61.5 Å². The topological polar surface area (TPSA) is 93.0 Å². The Morgan fingerprint density at radius 3 is 2.38 bits per heavy atom. The van der Waals surface area contributed by atoms with Crippen molar-refractivity contribution in [2.24, 2.45) is 0 Å². The largest absolute Gasteiger partial charge is 0.351 e. The SMILES string of the molecule is Cc1ccc(C(C(=O)NC2CCCC2)N(Cc2ccccc2)C(=O)Cn2nnc(-c3ccc(F)cc3)n2)cc1. The second kappa shape index (κ2) is 12.0. The zero-order valence-electron chi connectivity index (χ0n) is 21.8. The Hall–Kier alpha value is -4.40. The van der Waals surface area contributed by atoms with E-state index in [1.54, 1.807) is 17.0 Å². The number of hydrogen-bond donors (Lipinski definition) is 1.